The van der Waals surface area contributed by atoms with Gasteiger partial charge in [-0.2, -0.15) is 13.1 Å². The normalized spacial score (nSPS) is 17.5. The van der Waals surface area contributed by atoms with Crippen molar-refractivity contribution in [2.75, 3.05) is 26.0 Å². The molecule has 1 amide bonds. The molecule has 1 aliphatic carbocycles. The number of carbonyl (C=O) groups is 2. The Morgan fingerprint density at radius 3 is 2.52 bits per heavy atom. The first kappa shape index (κ1) is 34.2. The number of pyridine rings is 1. The Balaban J connectivity index is 1.46. The number of aromatic nitrogens is 1. The van der Waals surface area contributed by atoms with Gasteiger partial charge in [0, 0.05) is 43.7 Å². The lowest BCUT2D eigenvalue weighted by molar-refractivity contribution is -0.150. The second-order valence-electron chi connectivity index (χ2n) is 10.5. The average Bonchev–Trinajstić information content (AvgIpc) is 3.72. The molecule has 0 radical (unpaired) electrons. The van der Waals surface area contributed by atoms with Gasteiger partial charge in [-0.3, -0.25) is 9.78 Å². The SMILES string of the molecule is CNC(=O)c1cccc(S(=O)(=O)N2CCS[C@H]2C(=O)O[C@@H](Cc2c(Cl)cncc2Cl)c2ccc(OC(F)F)c(OCC3CC3)c2)c1. The molecule has 1 saturated carbocycles. The molecule has 0 spiro atoms. The molecule has 3 aromatic rings. The van der Waals surface area contributed by atoms with Crippen LogP contribution in [0.1, 0.15) is 40.4 Å². The van der Waals surface area contributed by atoms with Gasteiger partial charge in [0.05, 0.1) is 21.5 Å². The lowest BCUT2D eigenvalue weighted by Crippen LogP contribution is -2.40. The van der Waals surface area contributed by atoms with Crippen molar-refractivity contribution in [3.8, 4) is 11.5 Å². The molecule has 10 nitrogen and oxygen atoms in total. The Hall–Kier alpha value is -3.17. The van der Waals surface area contributed by atoms with Crippen molar-refractivity contribution >= 4 is 56.9 Å². The molecule has 2 atom stereocenters. The van der Waals surface area contributed by atoms with E-state index in [0.717, 1.165) is 28.9 Å². The number of halogens is 4. The minimum atomic E-state index is -4.23. The van der Waals surface area contributed by atoms with Crippen LogP contribution in [0, 0.1) is 5.92 Å². The number of hydrogen-bond acceptors (Lipinski definition) is 9. The van der Waals surface area contributed by atoms with Gasteiger partial charge in [0.25, 0.3) is 5.91 Å². The number of nitrogens with zero attached hydrogens (tertiary/aromatic N) is 2. The van der Waals surface area contributed by atoms with Crippen LogP contribution in [0.4, 0.5) is 8.78 Å². The molecule has 0 bridgehead atoms. The first-order valence-corrected chi connectivity index (χ1v) is 17.4. The minimum absolute atomic E-state index is 0.0163. The van der Waals surface area contributed by atoms with Gasteiger partial charge in [0.2, 0.25) is 10.0 Å². The smallest absolute Gasteiger partial charge is 0.387 e. The fourth-order valence-electron chi connectivity index (χ4n) is 4.73. The minimum Gasteiger partial charge on any atom is -0.489 e. The van der Waals surface area contributed by atoms with E-state index in [0.29, 0.717) is 29.4 Å². The van der Waals surface area contributed by atoms with Crippen LogP contribution >= 0.6 is 35.0 Å². The third-order valence-corrected chi connectivity index (χ3v) is 11.1. The van der Waals surface area contributed by atoms with Crippen molar-refractivity contribution in [2.24, 2.45) is 5.92 Å². The Kier molecular flexibility index (Phi) is 10.9. The highest BCUT2D eigenvalue weighted by Gasteiger charge is 2.42. The fourth-order valence-corrected chi connectivity index (χ4v) is 8.34. The summed E-state index contributed by atoms with van der Waals surface area (Å²) in [5.41, 5.74) is 0.888. The van der Waals surface area contributed by atoms with E-state index < -0.39 is 40.0 Å². The van der Waals surface area contributed by atoms with Crippen LogP contribution in [-0.2, 0) is 26.0 Å². The number of nitrogens with one attached hydrogen (secondary N) is 1. The Morgan fingerprint density at radius 1 is 1.11 bits per heavy atom. The summed E-state index contributed by atoms with van der Waals surface area (Å²) in [6.07, 6.45) is 3.51. The molecule has 2 heterocycles. The van der Waals surface area contributed by atoms with Crippen LogP contribution < -0.4 is 14.8 Å². The Bertz CT molecular complexity index is 1690. The van der Waals surface area contributed by atoms with Crippen LogP contribution in [0.25, 0.3) is 0 Å². The summed E-state index contributed by atoms with van der Waals surface area (Å²) in [5, 5.41) is 1.60. The molecule has 1 N–H and O–H groups in total. The molecular weight excluding hydrogens is 687 g/mol. The zero-order valence-corrected chi connectivity index (χ0v) is 27.5. The third kappa shape index (κ3) is 8.03. The molecule has 1 aliphatic heterocycles. The molecule has 1 aromatic heterocycles. The maximum atomic E-state index is 13.8. The highest BCUT2D eigenvalue weighted by Crippen LogP contribution is 2.39. The lowest BCUT2D eigenvalue weighted by atomic mass is 10.0. The van der Waals surface area contributed by atoms with Crippen LogP contribution in [0.15, 0.2) is 59.8 Å². The summed E-state index contributed by atoms with van der Waals surface area (Å²) >= 11 is 13.9. The average molecular weight is 717 g/mol. The van der Waals surface area contributed by atoms with Gasteiger partial charge in [0.1, 0.15) is 6.10 Å². The van der Waals surface area contributed by atoms with E-state index in [1.807, 2.05) is 0 Å². The summed E-state index contributed by atoms with van der Waals surface area (Å²) in [7, 11) is -2.80. The molecule has 0 unspecified atom stereocenters. The van der Waals surface area contributed by atoms with E-state index in [-0.39, 0.29) is 45.0 Å². The van der Waals surface area contributed by atoms with Crippen molar-refractivity contribution in [1.29, 1.82) is 0 Å². The molecule has 2 fully saturated rings. The van der Waals surface area contributed by atoms with Gasteiger partial charge in [0.15, 0.2) is 16.9 Å². The molecular formula is C30H29Cl2F2N3O7S2. The molecule has 46 heavy (non-hydrogen) atoms. The Labute approximate surface area is 278 Å². The fraction of sp³-hybridized carbons (Fsp3) is 0.367. The second-order valence-corrected chi connectivity index (χ2v) is 14.4. The molecule has 5 rings (SSSR count). The van der Waals surface area contributed by atoms with Crippen LogP contribution in [0.2, 0.25) is 10.0 Å². The first-order chi connectivity index (χ1) is 22.0. The lowest BCUT2D eigenvalue weighted by Gasteiger charge is -2.26. The monoisotopic (exact) mass is 715 g/mol. The topological polar surface area (TPSA) is 124 Å². The molecule has 246 valence electrons. The first-order valence-electron chi connectivity index (χ1n) is 14.1. The quantitative estimate of drug-likeness (QED) is 0.221. The molecule has 2 aliphatic rings. The predicted octanol–water partition coefficient (Wildman–Crippen LogP) is 5.73. The van der Waals surface area contributed by atoms with Gasteiger partial charge >= 0.3 is 12.6 Å². The van der Waals surface area contributed by atoms with E-state index in [4.69, 9.17) is 32.7 Å². The zero-order chi connectivity index (χ0) is 33.0. The van der Waals surface area contributed by atoms with E-state index in [2.05, 4.69) is 15.0 Å². The number of amides is 1. The van der Waals surface area contributed by atoms with Gasteiger partial charge in [-0.1, -0.05) is 35.3 Å². The van der Waals surface area contributed by atoms with E-state index in [1.165, 1.54) is 61.9 Å². The molecule has 16 heteroatoms. The van der Waals surface area contributed by atoms with Gasteiger partial charge in [-0.25, -0.2) is 13.2 Å². The molecule has 1 saturated heterocycles. The van der Waals surface area contributed by atoms with Crippen molar-refractivity contribution in [3.63, 3.8) is 0 Å². The van der Waals surface area contributed by atoms with Gasteiger partial charge in [-0.05, 0) is 60.2 Å². The van der Waals surface area contributed by atoms with Gasteiger partial charge < -0.3 is 19.5 Å². The highest BCUT2D eigenvalue weighted by atomic mass is 35.5. The summed E-state index contributed by atoms with van der Waals surface area (Å²) in [6.45, 7) is -2.79. The van der Waals surface area contributed by atoms with Gasteiger partial charge in [-0.15, -0.1) is 11.8 Å². The van der Waals surface area contributed by atoms with Crippen LogP contribution in [0.3, 0.4) is 0 Å². The maximum Gasteiger partial charge on any atom is 0.387 e. The summed E-state index contributed by atoms with van der Waals surface area (Å²) < 4.78 is 71.2. The number of thioether (sulfide) groups is 1. The zero-order valence-electron chi connectivity index (χ0n) is 24.3. The highest BCUT2D eigenvalue weighted by molar-refractivity contribution is 8.02. The second kappa shape index (κ2) is 14.7. The van der Waals surface area contributed by atoms with Crippen LogP contribution in [-0.4, -0.2) is 67.5 Å². The number of rotatable bonds is 13. The number of benzene rings is 2. The predicted molar refractivity (Wildman–Crippen MR) is 168 cm³/mol. The van der Waals surface area contributed by atoms with Crippen molar-refractivity contribution < 1.29 is 41.0 Å². The maximum absolute atomic E-state index is 13.8. The number of ether oxygens (including phenoxy) is 3. The summed E-state index contributed by atoms with van der Waals surface area (Å²) in [5.74, 6) is -0.881. The molecule has 2 aromatic carbocycles. The van der Waals surface area contributed by atoms with E-state index >= 15 is 0 Å². The number of alkyl halides is 2. The third-order valence-electron chi connectivity index (χ3n) is 7.31. The standard InChI is InChI=1S/C30H29Cl2F2N3O7S2/c1-35-27(38)19-3-2-4-20(11-19)46(40,41)37-9-10-45-28(37)29(39)43-25(13-21-22(31)14-36-15-23(21)32)18-7-8-24(44-30(33)34)26(12-18)42-16-17-5-6-17/h2-4,7-8,11-12,14-15,17,25,28,30H,5-6,9-10,13,16H2,1H3,(H,35,38)/t25-,28-/m0/s1. The van der Waals surface area contributed by atoms with E-state index in [9.17, 15) is 26.8 Å². The van der Waals surface area contributed by atoms with Crippen molar-refractivity contribution in [1.82, 2.24) is 14.6 Å². The van der Waals surface area contributed by atoms with Crippen LogP contribution in [0.5, 0.6) is 11.5 Å². The summed E-state index contributed by atoms with van der Waals surface area (Å²) in [4.78, 5) is 29.7. The van der Waals surface area contributed by atoms with Crippen molar-refractivity contribution in [3.05, 3.63) is 81.6 Å². The number of carbonyl (C=O) groups excluding carboxylic acids is 2. The largest absolute Gasteiger partial charge is 0.489 e. The number of hydrogen-bond donors (Lipinski definition) is 1. The Morgan fingerprint density at radius 2 is 1.85 bits per heavy atom. The number of esters is 1. The van der Waals surface area contributed by atoms with Crippen molar-refractivity contribution in [2.45, 2.75) is 42.2 Å². The van der Waals surface area contributed by atoms with E-state index in [1.54, 1.807) is 0 Å². The number of sulfonamides is 1. The summed E-state index contributed by atoms with van der Waals surface area (Å²) in [6, 6.07) is 9.68.